The third-order valence-electron chi connectivity index (χ3n) is 3.60. The minimum atomic E-state index is -0.0484. The highest BCUT2D eigenvalue weighted by Gasteiger charge is 2.28. The van der Waals surface area contributed by atoms with Crippen LogP contribution in [0.2, 0.25) is 0 Å². The van der Waals surface area contributed by atoms with E-state index in [1.54, 1.807) is 0 Å². The molecule has 100 valence electrons. The van der Waals surface area contributed by atoms with Gasteiger partial charge in [0.25, 0.3) is 0 Å². The molecule has 18 heavy (non-hydrogen) atoms. The first-order valence-corrected chi connectivity index (χ1v) is 6.26. The normalized spacial score (nSPS) is 20.3. The molecule has 1 aromatic carbocycles. The zero-order chi connectivity index (χ0) is 12.3. The monoisotopic (exact) mass is 268 g/mol. The number of hydrogen-bond acceptors (Lipinski definition) is 2. The van der Waals surface area contributed by atoms with Crippen LogP contribution in [-0.2, 0) is 4.79 Å². The molecule has 4 heteroatoms. The summed E-state index contributed by atoms with van der Waals surface area (Å²) in [5.74, 6) is 0.668. The maximum atomic E-state index is 12.3. The van der Waals surface area contributed by atoms with E-state index in [0.717, 1.165) is 25.1 Å². The first-order chi connectivity index (χ1) is 8.22. The summed E-state index contributed by atoms with van der Waals surface area (Å²) in [7, 11) is 0. The van der Waals surface area contributed by atoms with Gasteiger partial charge in [-0.25, -0.2) is 0 Å². The smallest absolute Gasteiger partial charge is 0.229 e. The molecule has 1 heterocycles. The van der Waals surface area contributed by atoms with Gasteiger partial charge in [0.2, 0.25) is 5.91 Å². The van der Waals surface area contributed by atoms with Gasteiger partial charge < -0.3 is 10.6 Å². The minimum Gasteiger partial charge on any atom is -0.342 e. The van der Waals surface area contributed by atoms with Crippen molar-refractivity contribution >= 4 is 18.3 Å². The summed E-state index contributed by atoms with van der Waals surface area (Å²) in [4.78, 5) is 14.2. The Labute approximate surface area is 115 Å². The van der Waals surface area contributed by atoms with Crippen molar-refractivity contribution in [3.05, 3.63) is 35.9 Å². The predicted octanol–water partition coefficient (Wildman–Crippen LogP) is 2.02. The fraction of sp³-hybridized carbons (Fsp3) is 0.500. The van der Waals surface area contributed by atoms with E-state index in [2.05, 4.69) is 0 Å². The number of carbonyl (C=O) groups excluding carboxylic acids is 1. The molecule has 3 nitrogen and oxygen atoms in total. The number of likely N-dealkylation sites (tertiary alicyclic amines) is 1. The van der Waals surface area contributed by atoms with Crippen molar-refractivity contribution in [2.24, 2.45) is 11.7 Å². The number of hydrogen-bond donors (Lipinski definition) is 1. The number of carbonyl (C=O) groups is 1. The van der Waals surface area contributed by atoms with Crippen LogP contribution in [0.3, 0.4) is 0 Å². The standard InChI is InChI=1S/C14H20N2O.ClH/c1-11(13-5-3-2-4-6-13)14(17)16-8-7-12(9-15)10-16;/h2-6,11-12H,7-10,15H2,1H3;1H. The summed E-state index contributed by atoms with van der Waals surface area (Å²) in [6.07, 6.45) is 1.05. The van der Waals surface area contributed by atoms with E-state index in [9.17, 15) is 4.79 Å². The Kier molecular flexibility index (Phi) is 5.63. The molecule has 0 spiro atoms. The van der Waals surface area contributed by atoms with Crippen LogP contribution in [0, 0.1) is 5.92 Å². The highest BCUT2D eigenvalue weighted by atomic mass is 35.5. The Morgan fingerprint density at radius 3 is 2.67 bits per heavy atom. The molecule has 1 fully saturated rings. The third kappa shape index (κ3) is 3.24. The average molecular weight is 269 g/mol. The van der Waals surface area contributed by atoms with Gasteiger partial charge >= 0.3 is 0 Å². The van der Waals surface area contributed by atoms with E-state index in [4.69, 9.17) is 5.73 Å². The van der Waals surface area contributed by atoms with Crippen LogP contribution < -0.4 is 5.73 Å². The Balaban J connectivity index is 0.00000162. The highest BCUT2D eigenvalue weighted by molar-refractivity contribution is 5.85. The van der Waals surface area contributed by atoms with Crippen LogP contribution in [0.25, 0.3) is 0 Å². The summed E-state index contributed by atoms with van der Waals surface area (Å²) in [6, 6.07) is 9.96. The number of halogens is 1. The van der Waals surface area contributed by atoms with Gasteiger partial charge in [-0.3, -0.25) is 4.79 Å². The number of amides is 1. The lowest BCUT2D eigenvalue weighted by Gasteiger charge is -2.21. The van der Waals surface area contributed by atoms with E-state index >= 15 is 0 Å². The van der Waals surface area contributed by atoms with Gasteiger partial charge in [0.15, 0.2) is 0 Å². The van der Waals surface area contributed by atoms with Gasteiger partial charge in [0.05, 0.1) is 5.92 Å². The van der Waals surface area contributed by atoms with Gasteiger partial charge in [-0.1, -0.05) is 30.3 Å². The van der Waals surface area contributed by atoms with Gasteiger partial charge in [0, 0.05) is 13.1 Å². The van der Waals surface area contributed by atoms with Crippen molar-refractivity contribution in [2.45, 2.75) is 19.3 Å². The molecular weight excluding hydrogens is 248 g/mol. The Morgan fingerprint density at radius 1 is 1.44 bits per heavy atom. The average Bonchev–Trinajstić information content (AvgIpc) is 2.87. The maximum Gasteiger partial charge on any atom is 0.229 e. The molecule has 0 aromatic heterocycles. The highest BCUT2D eigenvalue weighted by Crippen LogP contribution is 2.22. The molecule has 0 aliphatic carbocycles. The quantitative estimate of drug-likeness (QED) is 0.912. The van der Waals surface area contributed by atoms with Crippen LogP contribution in [0.4, 0.5) is 0 Å². The lowest BCUT2D eigenvalue weighted by Crippen LogP contribution is -2.33. The largest absolute Gasteiger partial charge is 0.342 e. The Hall–Kier alpha value is -1.06. The third-order valence-corrected chi connectivity index (χ3v) is 3.60. The van der Waals surface area contributed by atoms with Crippen molar-refractivity contribution in [3.63, 3.8) is 0 Å². The molecule has 0 bridgehead atoms. The van der Waals surface area contributed by atoms with Gasteiger partial charge in [-0.15, -0.1) is 12.4 Å². The van der Waals surface area contributed by atoms with Gasteiger partial charge in [-0.05, 0) is 31.4 Å². The summed E-state index contributed by atoms with van der Waals surface area (Å²) in [5, 5.41) is 0. The first-order valence-electron chi connectivity index (χ1n) is 6.26. The molecule has 1 aliphatic rings. The lowest BCUT2D eigenvalue weighted by molar-refractivity contribution is -0.131. The van der Waals surface area contributed by atoms with E-state index in [0.29, 0.717) is 12.5 Å². The van der Waals surface area contributed by atoms with Crippen molar-refractivity contribution in [3.8, 4) is 0 Å². The second kappa shape index (κ2) is 6.76. The van der Waals surface area contributed by atoms with Crippen molar-refractivity contribution in [2.75, 3.05) is 19.6 Å². The van der Waals surface area contributed by atoms with E-state index in [-0.39, 0.29) is 24.2 Å². The van der Waals surface area contributed by atoms with Crippen LogP contribution in [0.5, 0.6) is 0 Å². The van der Waals surface area contributed by atoms with E-state index in [1.165, 1.54) is 0 Å². The second-order valence-corrected chi connectivity index (χ2v) is 4.81. The summed E-state index contributed by atoms with van der Waals surface area (Å²) in [5.41, 5.74) is 6.74. The van der Waals surface area contributed by atoms with Gasteiger partial charge in [0.1, 0.15) is 0 Å². The molecular formula is C14H21ClN2O. The van der Waals surface area contributed by atoms with Gasteiger partial charge in [-0.2, -0.15) is 0 Å². The maximum absolute atomic E-state index is 12.3. The number of rotatable bonds is 3. The number of nitrogens with zero attached hydrogens (tertiary/aromatic N) is 1. The summed E-state index contributed by atoms with van der Waals surface area (Å²) in [6.45, 7) is 4.35. The fourth-order valence-corrected chi connectivity index (χ4v) is 2.38. The first kappa shape index (κ1) is 15.0. The molecule has 1 aromatic rings. The predicted molar refractivity (Wildman–Crippen MR) is 75.8 cm³/mol. The molecule has 0 radical (unpaired) electrons. The topological polar surface area (TPSA) is 46.3 Å². The zero-order valence-corrected chi connectivity index (χ0v) is 11.5. The molecule has 1 saturated heterocycles. The van der Waals surface area contributed by atoms with Crippen LogP contribution in [0.1, 0.15) is 24.8 Å². The lowest BCUT2D eigenvalue weighted by atomic mass is 10.00. The van der Waals surface area contributed by atoms with Crippen molar-refractivity contribution < 1.29 is 4.79 Å². The number of benzene rings is 1. The molecule has 1 amide bonds. The fourth-order valence-electron chi connectivity index (χ4n) is 2.38. The SMILES string of the molecule is CC(C(=O)N1CCC(CN)C1)c1ccccc1.Cl. The van der Waals surface area contributed by atoms with Crippen molar-refractivity contribution in [1.82, 2.24) is 4.90 Å². The van der Waals surface area contributed by atoms with Crippen molar-refractivity contribution in [1.29, 1.82) is 0 Å². The van der Waals surface area contributed by atoms with E-state index in [1.807, 2.05) is 42.2 Å². The summed E-state index contributed by atoms with van der Waals surface area (Å²) >= 11 is 0. The Bertz CT molecular complexity index is 383. The summed E-state index contributed by atoms with van der Waals surface area (Å²) < 4.78 is 0. The number of nitrogens with two attached hydrogens (primary N) is 1. The minimum absolute atomic E-state index is 0. The Morgan fingerprint density at radius 2 is 2.11 bits per heavy atom. The van der Waals surface area contributed by atoms with Crippen LogP contribution in [-0.4, -0.2) is 30.4 Å². The molecule has 2 rings (SSSR count). The van der Waals surface area contributed by atoms with Crippen LogP contribution >= 0.6 is 12.4 Å². The molecule has 2 atom stereocenters. The zero-order valence-electron chi connectivity index (χ0n) is 10.7. The molecule has 0 saturated carbocycles. The molecule has 2 unspecified atom stereocenters. The second-order valence-electron chi connectivity index (χ2n) is 4.81. The molecule has 2 N–H and O–H groups in total. The van der Waals surface area contributed by atoms with Crippen LogP contribution in [0.15, 0.2) is 30.3 Å². The molecule has 1 aliphatic heterocycles. The van der Waals surface area contributed by atoms with E-state index < -0.39 is 0 Å².